The van der Waals surface area contributed by atoms with Crippen LogP contribution >= 0.6 is 0 Å². The number of piperidine rings is 1. The summed E-state index contributed by atoms with van der Waals surface area (Å²) in [5, 5.41) is 3.42. The van der Waals surface area contributed by atoms with Gasteiger partial charge in [-0.15, -0.1) is 0 Å². The van der Waals surface area contributed by atoms with E-state index < -0.39 is 0 Å². The summed E-state index contributed by atoms with van der Waals surface area (Å²) in [7, 11) is 0. The van der Waals surface area contributed by atoms with Gasteiger partial charge < -0.3 is 20.8 Å². The van der Waals surface area contributed by atoms with Crippen LogP contribution in [0.15, 0.2) is 0 Å². The van der Waals surface area contributed by atoms with Gasteiger partial charge >= 0.3 is 6.01 Å². The van der Waals surface area contributed by atoms with Crippen LogP contribution in [0.5, 0.6) is 6.01 Å². The lowest BCUT2D eigenvalue weighted by atomic mass is 9.96. The van der Waals surface area contributed by atoms with Gasteiger partial charge in [-0.25, -0.2) is 4.98 Å². The number of nitrogens with zero attached hydrogens (tertiary/aromatic N) is 3. The number of hydrogen-bond acceptors (Lipinski definition) is 6. The van der Waals surface area contributed by atoms with Crippen molar-refractivity contribution in [1.82, 2.24) is 25.3 Å². The van der Waals surface area contributed by atoms with Crippen molar-refractivity contribution < 1.29 is 4.74 Å². The number of aromatic amines is 1. The molecule has 0 amide bonds. The van der Waals surface area contributed by atoms with Crippen LogP contribution in [0, 0.1) is 5.92 Å². The monoisotopic (exact) mass is 304 g/mol. The van der Waals surface area contributed by atoms with Crippen molar-refractivity contribution in [2.45, 2.75) is 39.0 Å². The molecular formula is C15H24N6O. The van der Waals surface area contributed by atoms with Gasteiger partial charge in [-0.1, -0.05) is 13.3 Å². The van der Waals surface area contributed by atoms with Crippen LogP contribution in [-0.4, -0.2) is 39.6 Å². The Morgan fingerprint density at radius 3 is 3.00 bits per heavy atom. The maximum atomic E-state index is 5.99. The molecule has 7 heteroatoms. The van der Waals surface area contributed by atoms with Crippen LogP contribution < -0.4 is 15.8 Å². The number of H-pyrrole nitrogens is 1. The fraction of sp³-hybridized carbons (Fsp3) is 0.667. The summed E-state index contributed by atoms with van der Waals surface area (Å²) in [5.74, 6) is 1.94. The second-order valence-corrected chi connectivity index (χ2v) is 5.89. The first kappa shape index (κ1) is 15.0. The largest absolute Gasteiger partial charge is 0.463 e. The van der Waals surface area contributed by atoms with Gasteiger partial charge in [-0.2, -0.15) is 9.97 Å². The molecule has 1 aliphatic heterocycles. The fourth-order valence-electron chi connectivity index (χ4n) is 2.79. The quantitative estimate of drug-likeness (QED) is 0.701. The highest BCUT2D eigenvalue weighted by molar-refractivity contribution is 5.81. The van der Waals surface area contributed by atoms with E-state index in [1.807, 2.05) is 0 Å². The predicted octanol–water partition coefficient (Wildman–Crippen LogP) is 1.66. The first-order valence-electron chi connectivity index (χ1n) is 8.12. The third kappa shape index (κ3) is 3.47. The average Bonchev–Trinajstić information content (AvgIpc) is 2.92. The number of aromatic nitrogens is 4. The minimum absolute atomic E-state index is 0.316. The topological polar surface area (TPSA) is 102 Å². The Hall–Kier alpha value is -1.89. The predicted molar refractivity (Wildman–Crippen MR) is 85.8 cm³/mol. The molecule has 0 bridgehead atoms. The molecule has 7 nitrogen and oxygen atoms in total. The summed E-state index contributed by atoms with van der Waals surface area (Å²) in [5.41, 5.74) is 7.30. The van der Waals surface area contributed by atoms with Crippen molar-refractivity contribution >= 4 is 17.0 Å². The van der Waals surface area contributed by atoms with E-state index in [2.05, 4.69) is 32.2 Å². The van der Waals surface area contributed by atoms with Crippen molar-refractivity contribution in [3.8, 4) is 6.01 Å². The maximum Gasteiger partial charge on any atom is 0.320 e. The van der Waals surface area contributed by atoms with E-state index in [4.69, 9.17) is 10.5 Å². The molecule has 4 N–H and O–H groups in total. The molecule has 1 saturated heterocycles. The summed E-state index contributed by atoms with van der Waals surface area (Å²) in [6.45, 7) is 4.88. The normalized spacial score (nSPS) is 18.7. The number of rotatable bonds is 6. The van der Waals surface area contributed by atoms with Crippen LogP contribution in [0.1, 0.15) is 38.4 Å². The zero-order chi connectivity index (χ0) is 15.4. The molecular weight excluding hydrogens is 280 g/mol. The van der Waals surface area contributed by atoms with Crippen LogP contribution in [0.3, 0.4) is 0 Å². The van der Waals surface area contributed by atoms with E-state index in [-0.39, 0.29) is 0 Å². The summed E-state index contributed by atoms with van der Waals surface area (Å²) >= 11 is 0. The molecule has 0 radical (unpaired) electrons. The highest BCUT2D eigenvalue weighted by atomic mass is 16.5. The smallest absolute Gasteiger partial charge is 0.320 e. The van der Waals surface area contributed by atoms with Gasteiger partial charge in [0.25, 0.3) is 0 Å². The molecule has 0 spiro atoms. The second-order valence-electron chi connectivity index (χ2n) is 5.89. The third-order valence-electron chi connectivity index (χ3n) is 4.02. The Bertz CT molecular complexity index is 620. The highest BCUT2D eigenvalue weighted by Gasteiger charge is 2.17. The molecule has 3 rings (SSSR count). The minimum Gasteiger partial charge on any atom is -0.463 e. The molecule has 1 aliphatic rings. The molecule has 0 unspecified atom stereocenters. The van der Waals surface area contributed by atoms with Gasteiger partial charge in [0.1, 0.15) is 11.3 Å². The van der Waals surface area contributed by atoms with Crippen molar-refractivity contribution in [3.63, 3.8) is 0 Å². The molecule has 0 aliphatic carbocycles. The molecule has 3 heterocycles. The zero-order valence-electron chi connectivity index (χ0n) is 13.1. The molecule has 2 aromatic rings. The van der Waals surface area contributed by atoms with Gasteiger partial charge in [0.15, 0.2) is 11.5 Å². The van der Waals surface area contributed by atoms with Crippen molar-refractivity contribution in [2.75, 3.05) is 25.4 Å². The van der Waals surface area contributed by atoms with E-state index in [0.717, 1.165) is 38.2 Å². The average molecular weight is 304 g/mol. The first-order chi connectivity index (χ1) is 10.8. The lowest BCUT2D eigenvalue weighted by Crippen LogP contribution is -2.31. The molecule has 1 atom stereocenters. The second kappa shape index (κ2) is 6.91. The number of anilines is 1. The molecule has 1 fully saturated rings. The highest BCUT2D eigenvalue weighted by Crippen LogP contribution is 2.21. The standard InChI is InChI=1S/C15H24N6O/c1-2-3-7-22-15-20-13(16)12-14(21-15)19-11(18-12)8-10-5-4-6-17-9-10/h10,17H,2-9H2,1H3,(H3,16,18,19,20,21)/t10-/m0/s1. The summed E-state index contributed by atoms with van der Waals surface area (Å²) < 4.78 is 5.53. The van der Waals surface area contributed by atoms with E-state index in [1.54, 1.807) is 0 Å². The SMILES string of the molecule is CCCCOc1nc(N)c2[nH]c(C[C@@H]3CCCNC3)nc2n1. The zero-order valence-corrected chi connectivity index (χ0v) is 13.1. The summed E-state index contributed by atoms with van der Waals surface area (Å²) in [4.78, 5) is 16.4. The number of hydrogen-bond donors (Lipinski definition) is 3. The third-order valence-corrected chi connectivity index (χ3v) is 4.02. The minimum atomic E-state index is 0.316. The summed E-state index contributed by atoms with van der Waals surface area (Å²) in [6, 6.07) is 0.316. The Balaban J connectivity index is 1.74. The number of nitrogens with two attached hydrogens (primary N) is 1. The van der Waals surface area contributed by atoms with E-state index in [9.17, 15) is 0 Å². The van der Waals surface area contributed by atoms with Crippen molar-refractivity contribution in [3.05, 3.63) is 5.82 Å². The van der Waals surface area contributed by atoms with Gasteiger partial charge in [-0.3, -0.25) is 0 Å². The number of nitrogen functional groups attached to an aromatic ring is 1. The Labute approximate surface area is 130 Å². The van der Waals surface area contributed by atoms with Crippen LogP contribution in [-0.2, 0) is 6.42 Å². The van der Waals surface area contributed by atoms with E-state index in [0.29, 0.717) is 35.5 Å². The van der Waals surface area contributed by atoms with Gasteiger partial charge in [-0.05, 0) is 38.3 Å². The maximum absolute atomic E-state index is 5.99. The lowest BCUT2D eigenvalue weighted by Gasteiger charge is -2.21. The summed E-state index contributed by atoms with van der Waals surface area (Å²) in [6.07, 6.45) is 5.41. The molecule has 22 heavy (non-hydrogen) atoms. The fourth-order valence-corrected chi connectivity index (χ4v) is 2.79. The molecule has 120 valence electrons. The number of fused-ring (bicyclic) bond motifs is 1. The van der Waals surface area contributed by atoms with Crippen LogP contribution in [0.25, 0.3) is 11.2 Å². The first-order valence-corrected chi connectivity index (χ1v) is 8.12. The Morgan fingerprint density at radius 2 is 2.23 bits per heavy atom. The number of unbranched alkanes of at least 4 members (excludes halogenated alkanes) is 1. The van der Waals surface area contributed by atoms with Gasteiger partial charge in [0.2, 0.25) is 0 Å². The lowest BCUT2D eigenvalue weighted by molar-refractivity contribution is 0.287. The van der Waals surface area contributed by atoms with Crippen molar-refractivity contribution in [1.29, 1.82) is 0 Å². The van der Waals surface area contributed by atoms with Gasteiger partial charge in [0.05, 0.1) is 6.61 Å². The molecule has 0 saturated carbocycles. The molecule has 0 aromatic carbocycles. The number of imidazole rings is 1. The van der Waals surface area contributed by atoms with E-state index >= 15 is 0 Å². The Kier molecular flexibility index (Phi) is 4.72. The Morgan fingerprint density at radius 1 is 1.32 bits per heavy atom. The van der Waals surface area contributed by atoms with Crippen molar-refractivity contribution in [2.24, 2.45) is 5.92 Å². The van der Waals surface area contributed by atoms with Crippen LogP contribution in [0.4, 0.5) is 5.82 Å². The van der Waals surface area contributed by atoms with E-state index in [1.165, 1.54) is 12.8 Å². The number of ether oxygens (including phenoxy) is 1. The molecule has 2 aromatic heterocycles. The van der Waals surface area contributed by atoms with Gasteiger partial charge in [0, 0.05) is 6.42 Å². The number of nitrogens with one attached hydrogen (secondary N) is 2. The van der Waals surface area contributed by atoms with Crippen LogP contribution in [0.2, 0.25) is 0 Å².